The van der Waals surface area contributed by atoms with Crippen molar-refractivity contribution < 1.29 is 14.6 Å². The molecule has 3 rings (SSSR count). The minimum atomic E-state index is -0.450. The van der Waals surface area contributed by atoms with Crippen LogP contribution in [-0.2, 0) is 11.3 Å². The molecule has 4 heteroatoms. The van der Waals surface area contributed by atoms with E-state index in [1.165, 1.54) is 19.3 Å². The molecule has 0 radical (unpaired) electrons. The smallest absolute Gasteiger partial charge is 0.407 e. The number of aliphatic hydroxyl groups is 1. The summed E-state index contributed by atoms with van der Waals surface area (Å²) in [6, 6.07) is 9.59. The van der Waals surface area contributed by atoms with Gasteiger partial charge in [-0.25, -0.2) is 4.79 Å². The summed E-state index contributed by atoms with van der Waals surface area (Å²) >= 11 is 0. The van der Waals surface area contributed by atoms with Crippen molar-refractivity contribution in [1.82, 2.24) is 5.32 Å². The maximum atomic E-state index is 11.9. The van der Waals surface area contributed by atoms with Gasteiger partial charge < -0.3 is 15.2 Å². The van der Waals surface area contributed by atoms with E-state index in [4.69, 9.17) is 4.74 Å². The van der Waals surface area contributed by atoms with E-state index in [1.807, 2.05) is 30.3 Å². The van der Waals surface area contributed by atoms with Crippen molar-refractivity contribution in [3.8, 4) is 0 Å². The summed E-state index contributed by atoms with van der Waals surface area (Å²) in [6.07, 6.45) is 5.08. The number of carbonyl (C=O) groups is 1. The number of hydrogen-bond donors (Lipinski definition) is 2. The summed E-state index contributed by atoms with van der Waals surface area (Å²) in [5.41, 5.74) is 0.911. The van der Waals surface area contributed by atoms with Gasteiger partial charge in [0.1, 0.15) is 6.61 Å². The van der Waals surface area contributed by atoms with Gasteiger partial charge in [-0.15, -0.1) is 0 Å². The molecule has 1 aromatic rings. The Kier molecular flexibility index (Phi) is 3.42. The number of aliphatic hydroxyl groups excluding tert-OH is 1. The Hall–Kier alpha value is -1.55. The number of hydrogen-bond acceptors (Lipinski definition) is 3. The molecule has 2 aliphatic rings. The molecule has 0 heterocycles. The van der Waals surface area contributed by atoms with E-state index in [-0.39, 0.29) is 13.2 Å². The summed E-state index contributed by atoms with van der Waals surface area (Å²) in [5.74, 6) is 0. The Morgan fingerprint density at radius 2 is 1.95 bits per heavy atom. The van der Waals surface area contributed by atoms with Gasteiger partial charge in [-0.2, -0.15) is 0 Å². The first kappa shape index (κ1) is 13.4. The number of carbonyl (C=O) groups excluding carboxylic acids is 1. The lowest BCUT2D eigenvalue weighted by Gasteiger charge is -2.60. The Morgan fingerprint density at radius 3 is 2.50 bits per heavy atom. The molecule has 0 unspecified atom stereocenters. The number of nitrogens with one attached hydrogen (secondary N) is 1. The second-order valence-electron chi connectivity index (χ2n) is 6.33. The predicted molar refractivity (Wildman–Crippen MR) is 75.1 cm³/mol. The second kappa shape index (κ2) is 5.09. The lowest BCUT2D eigenvalue weighted by Crippen LogP contribution is -2.66. The lowest BCUT2D eigenvalue weighted by molar-refractivity contribution is -0.0820. The molecule has 0 bridgehead atoms. The molecule has 2 aliphatic carbocycles. The first-order valence-corrected chi connectivity index (χ1v) is 7.25. The molecular weight excluding hydrogens is 254 g/mol. The highest BCUT2D eigenvalue weighted by Crippen LogP contribution is 2.60. The molecule has 0 aromatic heterocycles. The van der Waals surface area contributed by atoms with Gasteiger partial charge in [0.2, 0.25) is 0 Å². The number of alkyl carbamates (subject to hydrolysis) is 1. The molecule has 0 atom stereocenters. The summed E-state index contributed by atoms with van der Waals surface area (Å²) in [6.45, 7) is 0.258. The van der Waals surface area contributed by atoms with Gasteiger partial charge in [0.15, 0.2) is 0 Å². The third-order valence-corrected chi connectivity index (χ3v) is 4.72. The third kappa shape index (κ3) is 2.52. The fourth-order valence-electron chi connectivity index (χ4n) is 3.63. The summed E-state index contributed by atoms with van der Waals surface area (Å²) < 4.78 is 5.22. The summed E-state index contributed by atoms with van der Waals surface area (Å²) in [4.78, 5) is 11.9. The SMILES string of the molecule is O=C(NC1(CO)CC2(CCC2)C1)OCc1ccccc1. The van der Waals surface area contributed by atoms with E-state index >= 15 is 0 Å². The maximum Gasteiger partial charge on any atom is 0.407 e. The molecule has 2 fully saturated rings. The van der Waals surface area contributed by atoms with Crippen molar-refractivity contribution in [2.45, 2.75) is 44.2 Å². The zero-order valence-corrected chi connectivity index (χ0v) is 11.6. The largest absolute Gasteiger partial charge is 0.445 e. The second-order valence-corrected chi connectivity index (χ2v) is 6.33. The molecule has 1 spiro atoms. The molecule has 1 amide bonds. The average molecular weight is 275 g/mol. The normalized spacial score (nSPS) is 21.6. The van der Waals surface area contributed by atoms with Crippen LogP contribution in [0.2, 0.25) is 0 Å². The van der Waals surface area contributed by atoms with Crippen LogP contribution in [0.3, 0.4) is 0 Å². The molecule has 20 heavy (non-hydrogen) atoms. The predicted octanol–water partition coefficient (Wildman–Crippen LogP) is 2.61. The van der Waals surface area contributed by atoms with Crippen molar-refractivity contribution >= 4 is 6.09 Å². The van der Waals surface area contributed by atoms with Crippen LogP contribution in [0.15, 0.2) is 30.3 Å². The maximum absolute atomic E-state index is 11.9. The van der Waals surface area contributed by atoms with Gasteiger partial charge in [-0.1, -0.05) is 36.8 Å². The van der Waals surface area contributed by atoms with E-state index in [2.05, 4.69) is 5.32 Å². The van der Waals surface area contributed by atoms with Crippen molar-refractivity contribution in [1.29, 1.82) is 0 Å². The van der Waals surface area contributed by atoms with E-state index in [0.29, 0.717) is 5.41 Å². The summed E-state index contributed by atoms with van der Waals surface area (Å²) in [7, 11) is 0. The Bertz CT molecular complexity index is 474. The highest BCUT2D eigenvalue weighted by molar-refractivity contribution is 5.68. The highest BCUT2D eigenvalue weighted by Gasteiger charge is 2.57. The average Bonchev–Trinajstić information content (AvgIpc) is 2.39. The standard InChI is InChI=1S/C16H21NO3/c18-12-16(10-15(11-16)7-4-8-15)17-14(19)20-9-13-5-2-1-3-6-13/h1-3,5-6,18H,4,7-12H2,(H,17,19). The van der Waals surface area contributed by atoms with Gasteiger partial charge in [0, 0.05) is 0 Å². The van der Waals surface area contributed by atoms with Gasteiger partial charge >= 0.3 is 6.09 Å². The topological polar surface area (TPSA) is 58.6 Å². The fraction of sp³-hybridized carbons (Fsp3) is 0.562. The first-order valence-electron chi connectivity index (χ1n) is 7.25. The molecule has 2 N–H and O–H groups in total. The van der Waals surface area contributed by atoms with Crippen LogP contribution in [0.1, 0.15) is 37.7 Å². The van der Waals surface area contributed by atoms with Crippen LogP contribution in [0.5, 0.6) is 0 Å². The number of ether oxygens (including phenoxy) is 1. The first-order chi connectivity index (χ1) is 9.65. The molecular formula is C16H21NO3. The molecule has 2 saturated carbocycles. The van der Waals surface area contributed by atoms with Crippen molar-refractivity contribution in [3.63, 3.8) is 0 Å². The lowest BCUT2D eigenvalue weighted by atomic mass is 9.48. The van der Waals surface area contributed by atoms with Crippen molar-refractivity contribution in [2.24, 2.45) is 5.41 Å². The zero-order valence-electron chi connectivity index (χ0n) is 11.6. The molecule has 0 aliphatic heterocycles. The molecule has 1 aromatic carbocycles. The zero-order chi connectivity index (χ0) is 14.1. The van der Waals surface area contributed by atoms with Crippen LogP contribution in [0.25, 0.3) is 0 Å². The Labute approximate surface area is 119 Å². The minimum absolute atomic E-state index is 0.00477. The van der Waals surface area contributed by atoms with Gasteiger partial charge in [-0.3, -0.25) is 0 Å². The van der Waals surface area contributed by atoms with Crippen LogP contribution < -0.4 is 5.32 Å². The number of rotatable bonds is 4. The van der Waals surface area contributed by atoms with Gasteiger partial charge in [0.25, 0.3) is 0 Å². The van der Waals surface area contributed by atoms with E-state index in [1.54, 1.807) is 0 Å². The van der Waals surface area contributed by atoms with E-state index in [9.17, 15) is 9.90 Å². The van der Waals surface area contributed by atoms with Crippen molar-refractivity contribution in [2.75, 3.05) is 6.61 Å². The molecule has 108 valence electrons. The molecule has 4 nitrogen and oxygen atoms in total. The van der Waals surface area contributed by atoms with E-state index in [0.717, 1.165) is 18.4 Å². The fourth-order valence-corrected chi connectivity index (χ4v) is 3.63. The number of amides is 1. The minimum Gasteiger partial charge on any atom is -0.445 e. The van der Waals surface area contributed by atoms with Crippen LogP contribution >= 0.6 is 0 Å². The van der Waals surface area contributed by atoms with Crippen LogP contribution in [-0.4, -0.2) is 23.3 Å². The van der Waals surface area contributed by atoms with Crippen LogP contribution in [0.4, 0.5) is 4.79 Å². The Morgan fingerprint density at radius 1 is 1.25 bits per heavy atom. The molecule has 0 saturated heterocycles. The number of benzene rings is 1. The van der Waals surface area contributed by atoms with Crippen LogP contribution in [0, 0.1) is 5.41 Å². The quantitative estimate of drug-likeness (QED) is 0.888. The third-order valence-electron chi connectivity index (χ3n) is 4.72. The van der Waals surface area contributed by atoms with Crippen molar-refractivity contribution in [3.05, 3.63) is 35.9 Å². The van der Waals surface area contributed by atoms with Gasteiger partial charge in [0.05, 0.1) is 12.1 Å². The Balaban J connectivity index is 1.48. The monoisotopic (exact) mass is 275 g/mol. The van der Waals surface area contributed by atoms with E-state index < -0.39 is 11.6 Å². The highest BCUT2D eigenvalue weighted by atomic mass is 16.5. The van der Waals surface area contributed by atoms with Gasteiger partial charge in [-0.05, 0) is 36.7 Å². The summed E-state index contributed by atoms with van der Waals surface area (Å²) in [5, 5.41) is 12.4.